The fraction of sp³-hybridized carbons (Fsp3) is 0.438. The number of nitrogens with zero attached hydrogens (tertiary/aromatic N) is 1. The number of carbonyl (C=O) groups is 3. The molecule has 1 heterocycles. The van der Waals surface area contributed by atoms with Crippen molar-refractivity contribution in [2.45, 2.75) is 13.3 Å². The predicted octanol–water partition coefficient (Wildman–Crippen LogP) is 1.35. The molecule has 1 aliphatic rings. The molecule has 2 rings (SSSR count). The largest absolute Gasteiger partial charge is 0.450 e. The molecule has 0 bridgehead atoms. The smallest absolute Gasteiger partial charge is 0.407 e. The maximum atomic E-state index is 11.9. The van der Waals surface area contributed by atoms with Crippen LogP contribution in [0.25, 0.3) is 0 Å². The van der Waals surface area contributed by atoms with E-state index in [9.17, 15) is 14.4 Å². The summed E-state index contributed by atoms with van der Waals surface area (Å²) in [5.41, 5.74) is 1.30. The van der Waals surface area contributed by atoms with Gasteiger partial charge in [0.2, 0.25) is 11.8 Å². The molecule has 0 spiro atoms. The van der Waals surface area contributed by atoms with Crippen molar-refractivity contribution in [1.82, 2.24) is 10.6 Å². The van der Waals surface area contributed by atoms with E-state index < -0.39 is 6.09 Å². The Morgan fingerprint density at radius 3 is 2.88 bits per heavy atom. The summed E-state index contributed by atoms with van der Waals surface area (Å²) in [5.74, 6) is -0.299. The third-order valence-electron chi connectivity index (χ3n) is 3.51. The first kappa shape index (κ1) is 18.9. The second kappa shape index (κ2) is 9.12. The predicted molar refractivity (Wildman–Crippen MR) is 94.9 cm³/mol. The number of halogens is 1. The van der Waals surface area contributed by atoms with Gasteiger partial charge in [-0.15, -0.1) is 0 Å². The van der Waals surface area contributed by atoms with E-state index in [1.54, 1.807) is 25.1 Å². The molecule has 0 radical (unpaired) electrons. The van der Waals surface area contributed by atoms with Crippen molar-refractivity contribution in [3.05, 3.63) is 23.2 Å². The van der Waals surface area contributed by atoms with Crippen LogP contribution in [-0.2, 0) is 14.3 Å². The Hall–Kier alpha value is -2.48. The quantitative estimate of drug-likeness (QED) is 0.703. The van der Waals surface area contributed by atoms with Gasteiger partial charge in [-0.1, -0.05) is 11.6 Å². The van der Waals surface area contributed by atoms with Gasteiger partial charge < -0.3 is 25.6 Å². The zero-order valence-corrected chi connectivity index (χ0v) is 14.7. The summed E-state index contributed by atoms with van der Waals surface area (Å²) in [7, 11) is 0. The van der Waals surface area contributed by atoms with Crippen molar-refractivity contribution in [3.8, 4) is 0 Å². The number of carbonyl (C=O) groups excluding carboxylic acids is 3. The molecule has 1 fully saturated rings. The highest BCUT2D eigenvalue weighted by Gasteiger charge is 2.18. The zero-order valence-electron chi connectivity index (χ0n) is 13.9. The fourth-order valence-corrected chi connectivity index (χ4v) is 2.67. The van der Waals surface area contributed by atoms with Crippen molar-refractivity contribution < 1.29 is 19.1 Å². The van der Waals surface area contributed by atoms with E-state index in [0.717, 1.165) is 5.69 Å². The highest BCUT2D eigenvalue weighted by Crippen LogP contribution is 2.29. The molecule has 0 aliphatic carbocycles. The Labute approximate surface area is 150 Å². The highest BCUT2D eigenvalue weighted by atomic mass is 35.5. The SMILES string of the molecule is CCOC(=O)NCCC(=O)Nc1ccc(N2CCNC(=O)C2)c(Cl)c1. The van der Waals surface area contributed by atoms with Crippen molar-refractivity contribution >= 4 is 40.9 Å². The molecular weight excluding hydrogens is 348 g/mol. The van der Waals surface area contributed by atoms with Crippen molar-refractivity contribution in [3.63, 3.8) is 0 Å². The van der Waals surface area contributed by atoms with E-state index in [-0.39, 0.29) is 37.9 Å². The first-order valence-electron chi connectivity index (χ1n) is 8.01. The molecule has 136 valence electrons. The molecule has 8 nitrogen and oxygen atoms in total. The third-order valence-corrected chi connectivity index (χ3v) is 3.81. The number of benzene rings is 1. The van der Waals surface area contributed by atoms with E-state index in [2.05, 4.69) is 16.0 Å². The lowest BCUT2D eigenvalue weighted by Gasteiger charge is -2.29. The van der Waals surface area contributed by atoms with Crippen molar-refractivity contribution in [2.24, 2.45) is 0 Å². The van der Waals surface area contributed by atoms with E-state index in [0.29, 0.717) is 23.8 Å². The fourth-order valence-electron chi connectivity index (χ4n) is 2.37. The summed E-state index contributed by atoms with van der Waals surface area (Å²) in [6, 6.07) is 5.14. The Balaban J connectivity index is 1.86. The summed E-state index contributed by atoms with van der Waals surface area (Å²) >= 11 is 6.28. The maximum Gasteiger partial charge on any atom is 0.407 e. The van der Waals surface area contributed by atoms with Gasteiger partial charge in [-0.05, 0) is 25.1 Å². The molecule has 25 heavy (non-hydrogen) atoms. The molecule has 0 unspecified atom stereocenters. The van der Waals surface area contributed by atoms with Crippen LogP contribution in [0, 0.1) is 0 Å². The van der Waals surface area contributed by atoms with E-state index in [4.69, 9.17) is 16.3 Å². The second-order valence-corrected chi connectivity index (χ2v) is 5.79. The first-order chi connectivity index (χ1) is 12.0. The lowest BCUT2D eigenvalue weighted by molar-refractivity contribution is -0.120. The molecule has 1 aliphatic heterocycles. The number of anilines is 2. The minimum absolute atomic E-state index is 0.0474. The van der Waals surface area contributed by atoms with Crippen LogP contribution < -0.4 is 20.9 Å². The summed E-state index contributed by atoms with van der Waals surface area (Å²) in [6.07, 6.45) is -0.432. The minimum atomic E-state index is -0.548. The van der Waals surface area contributed by atoms with Crippen LogP contribution in [0.4, 0.5) is 16.2 Å². The van der Waals surface area contributed by atoms with E-state index >= 15 is 0 Å². The van der Waals surface area contributed by atoms with Crippen LogP contribution in [0.1, 0.15) is 13.3 Å². The normalized spacial score (nSPS) is 13.8. The molecule has 0 aromatic heterocycles. The number of amides is 3. The number of nitrogens with one attached hydrogen (secondary N) is 3. The molecule has 0 atom stereocenters. The first-order valence-corrected chi connectivity index (χ1v) is 8.39. The number of alkyl carbamates (subject to hydrolysis) is 1. The van der Waals surface area contributed by atoms with Crippen LogP contribution in [-0.4, -0.2) is 50.7 Å². The summed E-state index contributed by atoms with van der Waals surface area (Å²) < 4.78 is 4.70. The number of hydrogen-bond donors (Lipinski definition) is 3. The van der Waals surface area contributed by atoms with Gasteiger partial charge in [0.25, 0.3) is 0 Å². The van der Waals surface area contributed by atoms with Crippen LogP contribution in [0.3, 0.4) is 0 Å². The molecule has 3 N–H and O–H groups in total. The second-order valence-electron chi connectivity index (χ2n) is 5.38. The Morgan fingerprint density at radius 2 is 2.20 bits per heavy atom. The van der Waals surface area contributed by atoms with Gasteiger partial charge in [0.05, 0.1) is 23.9 Å². The Kier molecular flexibility index (Phi) is 6.88. The lowest BCUT2D eigenvalue weighted by Crippen LogP contribution is -2.47. The van der Waals surface area contributed by atoms with Crippen LogP contribution >= 0.6 is 11.6 Å². The molecule has 1 aromatic carbocycles. The Bertz CT molecular complexity index is 653. The maximum absolute atomic E-state index is 11.9. The van der Waals surface area contributed by atoms with Crippen LogP contribution in [0.15, 0.2) is 18.2 Å². The molecule has 0 saturated carbocycles. The van der Waals surface area contributed by atoms with E-state index in [1.165, 1.54) is 0 Å². The number of ether oxygens (including phenoxy) is 1. The van der Waals surface area contributed by atoms with Crippen LogP contribution in [0.2, 0.25) is 5.02 Å². The monoisotopic (exact) mass is 368 g/mol. The van der Waals surface area contributed by atoms with Gasteiger partial charge in [0.1, 0.15) is 0 Å². The molecular formula is C16H21ClN4O4. The van der Waals surface area contributed by atoms with Gasteiger partial charge in [-0.2, -0.15) is 0 Å². The topological polar surface area (TPSA) is 99.8 Å². The van der Waals surface area contributed by atoms with Crippen molar-refractivity contribution in [1.29, 1.82) is 0 Å². The number of rotatable bonds is 6. The van der Waals surface area contributed by atoms with Gasteiger partial charge in [-0.25, -0.2) is 4.79 Å². The Morgan fingerprint density at radius 1 is 1.40 bits per heavy atom. The van der Waals surface area contributed by atoms with Crippen molar-refractivity contribution in [2.75, 3.05) is 43.0 Å². The minimum Gasteiger partial charge on any atom is -0.450 e. The summed E-state index contributed by atoms with van der Waals surface area (Å²) in [5, 5.41) is 8.40. The summed E-state index contributed by atoms with van der Waals surface area (Å²) in [4.78, 5) is 36.4. The average Bonchev–Trinajstić information content (AvgIpc) is 2.55. The van der Waals surface area contributed by atoms with E-state index in [1.807, 2.05) is 4.90 Å². The molecule has 3 amide bonds. The molecule has 1 aromatic rings. The highest BCUT2D eigenvalue weighted by molar-refractivity contribution is 6.33. The standard InChI is InChI=1S/C16H21ClN4O4/c1-2-25-16(24)19-6-5-14(22)20-11-3-4-13(12(17)9-11)21-8-7-18-15(23)10-21/h3-4,9H,2,5-8,10H2,1H3,(H,18,23)(H,19,24)(H,20,22). The van der Waals surface area contributed by atoms with Gasteiger partial charge >= 0.3 is 6.09 Å². The number of hydrogen-bond acceptors (Lipinski definition) is 5. The number of piperazine rings is 1. The molecule has 9 heteroatoms. The third kappa shape index (κ3) is 5.82. The van der Waals surface area contributed by atoms with Gasteiger partial charge in [0, 0.05) is 31.7 Å². The molecule has 1 saturated heterocycles. The van der Waals surface area contributed by atoms with Crippen LogP contribution in [0.5, 0.6) is 0 Å². The average molecular weight is 369 g/mol. The summed E-state index contributed by atoms with van der Waals surface area (Å²) in [6.45, 7) is 3.67. The zero-order chi connectivity index (χ0) is 18.2. The van der Waals surface area contributed by atoms with Gasteiger partial charge in [-0.3, -0.25) is 9.59 Å². The van der Waals surface area contributed by atoms with Gasteiger partial charge in [0.15, 0.2) is 0 Å². The lowest BCUT2D eigenvalue weighted by atomic mass is 10.2.